The average Bonchev–Trinajstić information content (AvgIpc) is 3.38. The second-order valence-corrected chi connectivity index (χ2v) is 8.84. The predicted molar refractivity (Wildman–Crippen MR) is 119 cm³/mol. The molecule has 0 saturated carbocycles. The second kappa shape index (κ2) is 11.1. The monoisotopic (exact) mass is 460 g/mol. The van der Waals surface area contributed by atoms with E-state index < -0.39 is 11.7 Å². The number of aromatic nitrogens is 1. The molecule has 9 heteroatoms. The maximum absolute atomic E-state index is 12.2. The number of carbonyl (C=O) groups is 2. The molecule has 9 nitrogen and oxygen atoms in total. The Kier molecular flexibility index (Phi) is 8.19. The highest BCUT2D eigenvalue weighted by Gasteiger charge is 2.23. The molecule has 0 bridgehead atoms. The van der Waals surface area contributed by atoms with Crippen LogP contribution in [-0.2, 0) is 27.1 Å². The summed E-state index contributed by atoms with van der Waals surface area (Å²) in [5.74, 6) is 1.60. The molecule has 2 aromatic rings. The number of amides is 1. The number of fused-ring (bicyclic) bond motifs is 1. The molecule has 1 aromatic carbocycles. The SMILES string of the molecule is CCOC(=O)CC(Cc1cc(CCCNC(=O)OC(C)(C)C)no1)c1ccc2c(c1)OCO2. The van der Waals surface area contributed by atoms with Gasteiger partial charge in [-0.15, -0.1) is 0 Å². The number of benzene rings is 1. The molecule has 0 saturated heterocycles. The van der Waals surface area contributed by atoms with E-state index in [1.165, 1.54) is 0 Å². The van der Waals surface area contributed by atoms with Crippen LogP contribution in [0.4, 0.5) is 4.79 Å². The van der Waals surface area contributed by atoms with Crippen molar-refractivity contribution in [3.63, 3.8) is 0 Å². The number of esters is 1. The van der Waals surface area contributed by atoms with Crippen molar-refractivity contribution in [2.24, 2.45) is 0 Å². The van der Waals surface area contributed by atoms with Gasteiger partial charge in [-0.25, -0.2) is 4.79 Å². The molecule has 1 amide bonds. The number of hydrogen-bond donors (Lipinski definition) is 1. The molecular weight excluding hydrogens is 428 g/mol. The smallest absolute Gasteiger partial charge is 0.407 e. The van der Waals surface area contributed by atoms with Crippen LogP contribution in [-0.4, -0.2) is 42.8 Å². The summed E-state index contributed by atoms with van der Waals surface area (Å²) in [4.78, 5) is 23.9. The summed E-state index contributed by atoms with van der Waals surface area (Å²) in [7, 11) is 0. The fourth-order valence-corrected chi connectivity index (χ4v) is 3.48. The van der Waals surface area contributed by atoms with E-state index in [4.69, 9.17) is 23.5 Å². The Bertz CT molecular complexity index is 949. The molecule has 1 aliphatic rings. The van der Waals surface area contributed by atoms with E-state index in [1.807, 2.05) is 45.0 Å². The molecule has 1 aliphatic heterocycles. The molecule has 1 aromatic heterocycles. The lowest BCUT2D eigenvalue weighted by atomic mass is 9.91. The van der Waals surface area contributed by atoms with Crippen molar-refractivity contribution in [2.45, 2.75) is 64.9 Å². The lowest BCUT2D eigenvalue weighted by Gasteiger charge is -2.19. The summed E-state index contributed by atoms with van der Waals surface area (Å²) in [5, 5.41) is 6.86. The lowest BCUT2D eigenvalue weighted by Crippen LogP contribution is -2.33. The molecule has 0 spiro atoms. The van der Waals surface area contributed by atoms with Crippen molar-refractivity contribution in [2.75, 3.05) is 19.9 Å². The van der Waals surface area contributed by atoms with Gasteiger partial charge in [-0.05, 0) is 58.2 Å². The van der Waals surface area contributed by atoms with Gasteiger partial charge in [-0.3, -0.25) is 4.79 Å². The van der Waals surface area contributed by atoms with Crippen molar-refractivity contribution in [3.05, 3.63) is 41.3 Å². The molecule has 0 aliphatic carbocycles. The van der Waals surface area contributed by atoms with Gasteiger partial charge in [0.15, 0.2) is 11.5 Å². The Balaban J connectivity index is 1.57. The van der Waals surface area contributed by atoms with Crippen molar-refractivity contribution in [3.8, 4) is 11.5 Å². The van der Waals surface area contributed by atoms with Crippen LogP contribution < -0.4 is 14.8 Å². The minimum Gasteiger partial charge on any atom is -0.466 e. The largest absolute Gasteiger partial charge is 0.466 e. The third-order valence-electron chi connectivity index (χ3n) is 4.92. The number of rotatable bonds is 10. The van der Waals surface area contributed by atoms with Gasteiger partial charge >= 0.3 is 12.1 Å². The maximum Gasteiger partial charge on any atom is 0.407 e. The van der Waals surface area contributed by atoms with Gasteiger partial charge in [0.2, 0.25) is 6.79 Å². The molecular formula is C24H32N2O7. The van der Waals surface area contributed by atoms with E-state index in [1.54, 1.807) is 6.92 Å². The molecule has 33 heavy (non-hydrogen) atoms. The van der Waals surface area contributed by atoms with Gasteiger partial charge < -0.3 is 28.8 Å². The molecule has 0 fully saturated rings. The second-order valence-electron chi connectivity index (χ2n) is 8.84. The summed E-state index contributed by atoms with van der Waals surface area (Å²) in [6, 6.07) is 7.56. The van der Waals surface area contributed by atoms with Crippen molar-refractivity contribution < 1.29 is 33.1 Å². The first kappa shape index (κ1) is 24.4. The first-order chi connectivity index (χ1) is 15.7. The van der Waals surface area contributed by atoms with Crippen LogP contribution in [0.1, 0.15) is 63.5 Å². The molecule has 2 heterocycles. The molecule has 0 radical (unpaired) electrons. The predicted octanol–water partition coefficient (Wildman–Crippen LogP) is 4.14. The number of nitrogens with zero attached hydrogens (tertiary/aromatic N) is 1. The fourth-order valence-electron chi connectivity index (χ4n) is 3.48. The molecule has 1 N–H and O–H groups in total. The van der Waals surface area contributed by atoms with Crippen LogP contribution >= 0.6 is 0 Å². The zero-order valence-corrected chi connectivity index (χ0v) is 19.6. The Morgan fingerprint density at radius 2 is 1.97 bits per heavy atom. The minimum atomic E-state index is -0.525. The van der Waals surface area contributed by atoms with E-state index in [0.717, 1.165) is 11.3 Å². The number of ether oxygens (including phenoxy) is 4. The summed E-state index contributed by atoms with van der Waals surface area (Å²) in [6.45, 7) is 8.24. The third kappa shape index (κ3) is 7.69. The van der Waals surface area contributed by atoms with E-state index in [0.29, 0.717) is 49.7 Å². The van der Waals surface area contributed by atoms with E-state index in [9.17, 15) is 9.59 Å². The van der Waals surface area contributed by atoms with Gasteiger partial charge in [0.25, 0.3) is 0 Å². The molecule has 1 unspecified atom stereocenters. The molecule has 180 valence electrons. The Hall–Kier alpha value is -3.23. The molecule has 3 rings (SSSR count). The van der Waals surface area contributed by atoms with Gasteiger partial charge in [0.05, 0.1) is 18.7 Å². The number of aryl methyl sites for hydroxylation is 1. The Morgan fingerprint density at radius 1 is 1.18 bits per heavy atom. The summed E-state index contributed by atoms with van der Waals surface area (Å²) in [6.07, 6.45) is 1.60. The van der Waals surface area contributed by atoms with Crippen LogP contribution in [0.5, 0.6) is 11.5 Å². The van der Waals surface area contributed by atoms with Crippen LogP contribution in [0, 0.1) is 0 Å². The first-order valence-corrected chi connectivity index (χ1v) is 11.2. The van der Waals surface area contributed by atoms with Crippen molar-refractivity contribution in [1.29, 1.82) is 0 Å². The highest BCUT2D eigenvalue weighted by molar-refractivity contribution is 5.70. The topological polar surface area (TPSA) is 109 Å². The van der Waals surface area contributed by atoms with Crippen molar-refractivity contribution >= 4 is 12.1 Å². The third-order valence-corrected chi connectivity index (χ3v) is 4.92. The number of alkyl carbamates (subject to hydrolysis) is 1. The lowest BCUT2D eigenvalue weighted by molar-refractivity contribution is -0.143. The number of carbonyl (C=O) groups excluding carboxylic acids is 2. The number of hydrogen-bond acceptors (Lipinski definition) is 8. The van der Waals surface area contributed by atoms with Crippen LogP contribution in [0.2, 0.25) is 0 Å². The summed E-state index contributed by atoms with van der Waals surface area (Å²) in [5.41, 5.74) is 1.20. The first-order valence-electron chi connectivity index (χ1n) is 11.2. The van der Waals surface area contributed by atoms with Gasteiger partial charge in [-0.1, -0.05) is 11.2 Å². The average molecular weight is 461 g/mol. The Morgan fingerprint density at radius 3 is 2.73 bits per heavy atom. The summed E-state index contributed by atoms with van der Waals surface area (Å²) < 4.78 is 26.8. The van der Waals surface area contributed by atoms with E-state index in [-0.39, 0.29) is 25.1 Å². The molecule has 1 atom stereocenters. The standard InChI is InChI=1S/C24H32N2O7/c1-5-29-22(27)13-17(16-8-9-20-21(12-16)31-15-30-20)11-19-14-18(26-33-19)7-6-10-25-23(28)32-24(2,3)4/h8-9,12,14,17H,5-7,10-11,13,15H2,1-4H3,(H,25,28). The highest BCUT2D eigenvalue weighted by Crippen LogP contribution is 2.36. The van der Waals surface area contributed by atoms with Crippen LogP contribution in [0.15, 0.2) is 28.8 Å². The van der Waals surface area contributed by atoms with Gasteiger partial charge in [0.1, 0.15) is 11.4 Å². The van der Waals surface area contributed by atoms with Crippen LogP contribution in [0.25, 0.3) is 0 Å². The zero-order chi connectivity index (χ0) is 23.8. The normalized spacial score (nSPS) is 13.5. The van der Waals surface area contributed by atoms with Gasteiger partial charge in [-0.2, -0.15) is 0 Å². The van der Waals surface area contributed by atoms with E-state index >= 15 is 0 Å². The van der Waals surface area contributed by atoms with E-state index in [2.05, 4.69) is 10.5 Å². The van der Waals surface area contributed by atoms with Crippen molar-refractivity contribution in [1.82, 2.24) is 10.5 Å². The highest BCUT2D eigenvalue weighted by atomic mass is 16.7. The minimum absolute atomic E-state index is 0.159. The van der Waals surface area contributed by atoms with Crippen LogP contribution in [0.3, 0.4) is 0 Å². The summed E-state index contributed by atoms with van der Waals surface area (Å²) >= 11 is 0. The quantitative estimate of drug-likeness (QED) is 0.416. The Labute approximate surface area is 193 Å². The zero-order valence-electron chi connectivity index (χ0n) is 19.6. The fraction of sp³-hybridized carbons (Fsp3) is 0.542. The maximum atomic E-state index is 12.2. The van der Waals surface area contributed by atoms with Gasteiger partial charge in [0, 0.05) is 24.9 Å². The number of nitrogens with one attached hydrogen (secondary N) is 1.